The Bertz CT molecular complexity index is 357. The molecular formula is C10H12BrIO2Si. The molecule has 0 bridgehead atoms. The SMILES string of the molecule is O=C(OCCC[SiH3])c1cc(I)ccc1Br. The van der Waals surface area contributed by atoms with Crippen molar-refractivity contribution in [3.05, 3.63) is 31.8 Å². The third-order valence-corrected chi connectivity index (χ3v) is 3.95. The van der Waals surface area contributed by atoms with Gasteiger partial charge in [-0.3, -0.25) is 0 Å². The van der Waals surface area contributed by atoms with E-state index in [1.807, 2.05) is 18.2 Å². The van der Waals surface area contributed by atoms with Crippen molar-refractivity contribution in [2.24, 2.45) is 0 Å². The highest BCUT2D eigenvalue weighted by molar-refractivity contribution is 14.1. The minimum absolute atomic E-state index is 0.240. The molecule has 15 heavy (non-hydrogen) atoms. The molecule has 0 atom stereocenters. The zero-order valence-electron chi connectivity index (χ0n) is 8.43. The molecule has 0 unspecified atom stereocenters. The first-order chi connectivity index (χ1) is 7.15. The van der Waals surface area contributed by atoms with E-state index in [9.17, 15) is 4.79 Å². The molecule has 0 aliphatic carbocycles. The molecule has 0 radical (unpaired) electrons. The van der Waals surface area contributed by atoms with E-state index >= 15 is 0 Å². The van der Waals surface area contributed by atoms with Gasteiger partial charge in [0.1, 0.15) is 0 Å². The molecule has 0 saturated heterocycles. The minimum Gasteiger partial charge on any atom is -0.462 e. The third kappa shape index (κ3) is 4.24. The average molecular weight is 399 g/mol. The number of halogens is 2. The Balaban J connectivity index is 2.68. The maximum atomic E-state index is 11.6. The van der Waals surface area contributed by atoms with E-state index in [0.29, 0.717) is 12.2 Å². The largest absolute Gasteiger partial charge is 0.462 e. The topological polar surface area (TPSA) is 26.3 Å². The van der Waals surface area contributed by atoms with Gasteiger partial charge in [-0.15, -0.1) is 0 Å². The number of ether oxygens (including phenoxy) is 1. The molecule has 0 aromatic heterocycles. The summed E-state index contributed by atoms with van der Waals surface area (Å²) < 4.78 is 6.98. The van der Waals surface area contributed by atoms with Crippen LogP contribution in [0.4, 0.5) is 0 Å². The van der Waals surface area contributed by atoms with Crippen molar-refractivity contribution in [2.45, 2.75) is 12.5 Å². The first kappa shape index (κ1) is 13.2. The summed E-state index contributed by atoms with van der Waals surface area (Å²) in [6.45, 7) is 0.528. The fourth-order valence-electron chi connectivity index (χ4n) is 1.04. The maximum absolute atomic E-state index is 11.6. The minimum atomic E-state index is -0.240. The zero-order valence-corrected chi connectivity index (χ0v) is 14.2. The van der Waals surface area contributed by atoms with Crippen LogP contribution in [0.5, 0.6) is 0 Å². The van der Waals surface area contributed by atoms with Crippen LogP contribution in [0.25, 0.3) is 0 Å². The summed E-state index contributed by atoms with van der Waals surface area (Å²) in [6.07, 6.45) is 0.972. The van der Waals surface area contributed by atoms with Gasteiger partial charge in [0.05, 0.1) is 12.2 Å². The number of esters is 1. The number of rotatable bonds is 4. The van der Waals surface area contributed by atoms with E-state index in [1.165, 1.54) is 6.04 Å². The van der Waals surface area contributed by atoms with Gasteiger partial charge in [0.15, 0.2) is 0 Å². The molecule has 0 amide bonds. The second kappa shape index (κ2) is 6.65. The lowest BCUT2D eigenvalue weighted by molar-refractivity contribution is 0.0504. The van der Waals surface area contributed by atoms with Gasteiger partial charge in [0.25, 0.3) is 0 Å². The number of carbonyl (C=O) groups is 1. The molecule has 0 saturated carbocycles. The Morgan fingerprint density at radius 1 is 1.53 bits per heavy atom. The van der Waals surface area contributed by atoms with Crippen molar-refractivity contribution in [3.8, 4) is 0 Å². The number of hydrogen-bond acceptors (Lipinski definition) is 2. The summed E-state index contributed by atoms with van der Waals surface area (Å²) in [5, 5.41) is 0. The molecule has 1 aromatic carbocycles. The summed E-state index contributed by atoms with van der Waals surface area (Å²) in [4.78, 5) is 11.6. The van der Waals surface area contributed by atoms with Crippen LogP contribution in [0.1, 0.15) is 16.8 Å². The summed E-state index contributed by atoms with van der Waals surface area (Å²) in [5.41, 5.74) is 0.607. The molecule has 82 valence electrons. The highest BCUT2D eigenvalue weighted by Crippen LogP contribution is 2.20. The molecule has 0 aliphatic rings. The number of carbonyl (C=O) groups excluding carboxylic acids is 1. The van der Waals surface area contributed by atoms with Crippen molar-refractivity contribution in [3.63, 3.8) is 0 Å². The molecule has 1 rings (SSSR count). The highest BCUT2D eigenvalue weighted by Gasteiger charge is 2.11. The van der Waals surface area contributed by atoms with Crippen LogP contribution in [0.2, 0.25) is 6.04 Å². The van der Waals surface area contributed by atoms with Crippen LogP contribution < -0.4 is 0 Å². The molecule has 0 fully saturated rings. The van der Waals surface area contributed by atoms with E-state index < -0.39 is 0 Å². The van der Waals surface area contributed by atoms with E-state index in [4.69, 9.17) is 4.74 Å². The van der Waals surface area contributed by atoms with Crippen molar-refractivity contribution < 1.29 is 9.53 Å². The lowest BCUT2D eigenvalue weighted by Gasteiger charge is -2.05. The van der Waals surface area contributed by atoms with Gasteiger partial charge in [-0.05, 0) is 63.1 Å². The van der Waals surface area contributed by atoms with Crippen LogP contribution >= 0.6 is 38.5 Å². The van der Waals surface area contributed by atoms with Crippen molar-refractivity contribution >= 4 is 54.7 Å². The summed E-state index contributed by atoms with van der Waals surface area (Å²) >= 11 is 5.52. The van der Waals surface area contributed by atoms with Crippen LogP contribution in [-0.4, -0.2) is 22.8 Å². The molecule has 1 aromatic rings. The van der Waals surface area contributed by atoms with Gasteiger partial charge in [0.2, 0.25) is 0 Å². The normalized spacial score (nSPS) is 10.3. The standard InChI is InChI=1S/C10H12BrIO2Si/c11-9-3-2-7(12)6-8(9)10(13)14-4-1-5-15/h2-3,6H,1,4-5H2,15H3. The lowest BCUT2D eigenvalue weighted by atomic mass is 10.2. The second-order valence-electron chi connectivity index (χ2n) is 3.11. The predicted molar refractivity (Wildman–Crippen MR) is 76.5 cm³/mol. The van der Waals surface area contributed by atoms with Crippen LogP contribution in [0, 0.1) is 3.57 Å². The van der Waals surface area contributed by atoms with Crippen LogP contribution in [0.3, 0.4) is 0 Å². The van der Waals surface area contributed by atoms with Gasteiger partial charge < -0.3 is 4.74 Å². The zero-order chi connectivity index (χ0) is 11.3. The molecule has 5 heteroatoms. The van der Waals surface area contributed by atoms with Crippen LogP contribution in [0.15, 0.2) is 22.7 Å². The Morgan fingerprint density at radius 3 is 2.93 bits per heavy atom. The molecule has 0 heterocycles. The Morgan fingerprint density at radius 2 is 2.27 bits per heavy atom. The summed E-state index contributed by atoms with van der Waals surface area (Å²) in [5.74, 6) is -0.240. The predicted octanol–water partition coefficient (Wildman–Crippen LogP) is 2.38. The van der Waals surface area contributed by atoms with Gasteiger partial charge in [-0.1, -0.05) is 6.04 Å². The first-order valence-electron chi connectivity index (χ1n) is 4.77. The quantitative estimate of drug-likeness (QED) is 0.337. The molecule has 2 nitrogen and oxygen atoms in total. The average Bonchev–Trinajstić information content (AvgIpc) is 2.22. The molecule has 0 spiro atoms. The van der Waals surface area contributed by atoms with Crippen molar-refractivity contribution in [1.29, 1.82) is 0 Å². The van der Waals surface area contributed by atoms with Gasteiger partial charge in [-0.2, -0.15) is 0 Å². The van der Waals surface area contributed by atoms with E-state index in [2.05, 4.69) is 38.5 Å². The van der Waals surface area contributed by atoms with E-state index in [-0.39, 0.29) is 5.97 Å². The van der Waals surface area contributed by atoms with Gasteiger partial charge in [0, 0.05) is 18.3 Å². The van der Waals surface area contributed by atoms with Gasteiger partial charge in [-0.25, -0.2) is 4.79 Å². The van der Waals surface area contributed by atoms with Gasteiger partial charge >= 0.3 is 5.97 Å². The molecule has 0 N–H and O–H groups in total. The third-order valence-electron chi connectivity index (χ3n) is 1.88. The van der Waals surface area contributed by atoms with Crippen LogP contribution in [-0.2, 0) is 4.74 Å². The fourth-order valence-corrected chi connectivity index (χ4v) is 2.23. The first-order valence-corrected chi connectivity index (χ1v) is 8.06. The van der Waals surface area contributed by atoms with Crippen molar-refractivity contribution in [2.75, 3.05) is 6.61 Å². The Labute approximate surface area is 114 Å². The highest BCUT2D eigenvalue weighted by atomic mass is 127. The number of benzene rings is 1. The maximum Gasteiger partial charge on any atom is 0.339 e. The Kier molecular flexibility index (Phi) is 5.84. The van der Waals surface area contributed by atoms with Crippen molar-refractivity contribution in [1.82, 2.24) is 0 Å². The van der Waals surface area contributed by atoms with E-state index in [1.54, 1.807) is 0 Å². The van der Waals surface area contributed by atoms with E-state index in [0.717, 1.165) is 24.7 Å². The molecular weight excluding hydrogens is 387 g/mol. The molecule has 0 aliphatic heterocycles. The fraction of sp³-hybridized carbons (Fsp3) is 0.300. The second-order valence-corrected chi connectivity index (χ2v) is 6.21. The summed E-state index contributed by atoms with van der Waals surface area (Å²) in [7, 11) is 1.16. The smallest absolute Gasteiger partial charge is 0.339 e. The number of hydrogen-bond donors (Lipinski definition) is 0. The Hall–Kier alpha value is 0.117. The summed E-state index contributed by atoms with van der Waals surface area (Å²) in [6, 6.07) is 6.80. The lowest BCUT2D eigenvalue weighted by Crippen LogP contribution is -2.07. The monoisotopic (exact) mass is 398 g/mol.